The number of nitrogens with zero attached hydrogens (tertiary/aromatic N) is 2. The molecule has 0 unspecified atom stereocenters. The first-order valence-corrected chi connectivity index (χ1v) is 8.72. The molecular weight excluding hydrogens is 376 g/mol. The second-order valence-electron chi connectivity index (χ2n) is 6.16. The number of hydrogen-bond acceptors (Lipinski definition) is 5. The number of rotatable bonds is 5. The topological polar surface area (TPSA) is 110 Å². The zero-order valence-corrected chi connectivity index (χ0v) is 15.1. The Balaban J connectivity index is 1.54. The monoisotopic (exact) mass is 393 g/mol. The quantitative estimate of drug-likeness (QED) is 0.577. The van der Waals surface area contributed by atoms with Gasteiger partial charge in [0, 0.05) is 11.1 Å². The minimum absolute atomic E-state index is 0.0727. The zero-order chi connectivity index (χ0) is 19.4. The molecule has 2 heterocycles. The fourth-order valence-corrected chi connectivity index (χ4v) is 3.12. The minimum Gasteiger partial charge on any atom is -0.459 e. The Hall–Kier alpha value is -2.91. The van der Waals surface area contributed by atoms with Gasteiger partial charge in [-0.2, -0.15) is 0 Å². The van der Waals surface area contributed by atoms with Crippen molar-refractivity contribution in [1.82, 2.24) is 4.90 Å². The van der Waals surface area contributed by atoms with Crippen LogP contribution in [0.3, 0.4) is 0 Å². The van der Waals surface area contributed by atoms with Crippen molar-refractivity contribution in [2.45, 2.75) is 0 Å². The van der Waals surface area contributed by atoms with Crippen LogP contribution in [0.25, 0.3) is 0 Å². The maximum absolute atomic E-state index is 12.3. The molecule has 1 aliphatic rings. The summed E-state index contributed by atoms with van der Waals surface area (Å²) in [5, 5.41) is 13.9. The molecule has 0 saturated carbocycles. The highest BCUT2D eigenvalue weighted by Crippen LogP contribution is 2.27. The largest absolute Gasteiger partial charge is 0.459 e. The number of quaternary nitrogens is 1. The number of carbonyl (C=O) groups is 2. The van der Waals surface area contributed by atoms with Crippen LogP contribution >= 0.6 is 11.6 Å². The first-order chi connectivity index (χ1) is 12.9. The number of piperazine rings is 1. The van der Waals surface area contributed by atoms with Gasteiger partial charge in [-0.25, -0.2) is 0 Å². The van der Waals surface area contributed by atoms with Crippen LogP contribution in [0.5, 0.6) is 0 Å². The van der Waals surface area contributed by atoms with Crippen LogP contribution < -0.4 is 10.2 Å². The molecule has 0 spiro atoms. The van der Waals surface area contributed by atoms with Crippen molar-refractivity contribution in [2.75, 3.05) is 38.0 Å². The van der Waals surface area contributed by atoms with Crippen molar-refractivity contribution in [3.05, 3.63) is 57.5 Å². The maximum atomic E-state index is 12.3. The molecular formula is C17H18ClN4O5+. The van der Waals surface area contributed by atoms with Crippen LogP contribution in [0.4, 0.5) is 11.4 Å². The smallest absolute Gasteiger partial charge is 0.292 e. The van der Waals surface area contributed by atoms with E-state index in [0.717, 1.165) is 4.90 Å². The van der Waals surface area contributed by atoms with Gasteiger partial charge in [-0.05, 0) is 24.3 Å². The van der Waals surface area contributed by atoms with E-state index in [1.54, 1.807) is 17.0 Å². The number of amides is 2. The summed E-state index contributed by atoms with van der Waals surface area (Å²) in [6.45, 7) is 2.33. The third kappa shape index (κ3) is 4.63. The Bertz CT molecular complexity index is 847. The van der Waals surface area contributed by atoms with Gasteiger partial charge in [0.25, 0.3) is 17.5 Å². The third-order valence-corrected chi connectivity index (χ3v) is 4.56. The Morgan fingerprint density at radius 3 is 2.67 bits per heavy atom. The van der Waals surface area contributed by atoms with Crippen LogP contribution in [0.15, 0.2) is 41.0 Å². The number of furan rings is 1. The van der Waals surface area contributed by atoms with E-state index in [4.69, 9.17) is 16.0 Å². The molecule has 2 amide bonds. The summed E-state index contributed by atoms with van der Waals surface area (Å²) in [7, 11) is 0. The van der Waals surface area contributed by atoms with E-state index < -0.39 is 4.92 Å². The Morgan fingerprint density at radius 2 is 2.04 bits per heavy atom. The van der Waals surface area contributed by atoms with Gasteiger partial charge in [0.15, 0.2) is 12.3 Å². The lowest BCUT2D eigenvalue weighted by atomic mass is 10.2. The molecule has 1 fully saturated rings. The lowest BCUT2D eigenvalue weighted by molar-refractivity contribution is -0.895. The Kier molecular flexibility index (Phi) is 5.72. The van der Waals surface area contributed by atoms with Crippen LogP contribution in [0.2, 0.25) is 5.02 Å². The molecule has 10 heteroatoms. The van der Waals surface area contributed by atoms with Gasteiger partial charge in [0.05, 0.1) is 37.4 Å². The molecule has 27 heavy (non-hydrogen) atoms. The number of halogens is 1. The molecule has 0 radical (unpaired) electrons. The van der Waals surface area contributed by atoms with E-state index in [-0.39, 0.29) is 29.7 Å². The molecule has 1 aromatic carbocycles. The van der Waals surface area contributed by atoms with E-state index in [9.17, 15) is 19.7 Å². The summed E-state index contributed by atoms with van der Waals surface area (Å²) < 4.78 is 5.12. The summed E-state index contributed by atoms with van der Waals surface area (Å²) in [5.74, 6) is -0.219. The average Bonchev–Trinajstić information content (AvgIpc) is 3.16. The SMILES string of the molecule is O=C(C[NH+]1CCN(C(=O)c2ccco2)CC1)Nc1cc(Cl)ccc1[N+](=O)[O-]. The highest BCUT2D eigenvalue weighted by atomic mass is 35.5. The normalized spacial score (nSPS) is 14.8. The fraction of sp³-hybridized carbons (Fsp3) is 0.294. The molecule has 1 aromatic heterocycles. The van der Waals surface area contributed by atoms with Crippen molar-refractivity contribution in [1.29, 1.82) is 0 Å². The number of nitrogens with one attached hydrogen (secondary N) is 2. The van der Waals surface area contributed by atoms with E-state index in [1.165, 1.54) is 24.5 Å². The summed E-state index contributed by atoms with van der Waals surface area (Å²) in [5.41, 5.74) is -0.139. The van der Waals surface area contributed by atoms with Gasteiger partial charge in [-0.15, -0.1) is 0 Å². The highest BCUT2D eigenvalue weighted by molar-refractivity contribution is 6.31. The predicted molar refractivity (Wildman–Crippen MR) is 96.9 cm³/mol. The first-order valence-electron chi connectivity index (χ1n) is 8.34. The third-order valence-electron chi connectivity index (χ3n) is 4.33. The fourth-order valence-electron chi connectivity index (χ4n) is 2.95. The number of carbonyl (C=O) groups excluding carboxylic acids is 2. The molecule has 2 aromatic rings. The lowest BCUT2D eigenvalue weighted by Gasteiger charge is -2.31. The summed E-state index contributed by atoms with van der Waals surface area (Å²) >= 11 is 5.86. The van der Waals surface area contributed by atoms with Crippen LogP contribution in [-0.2, 0) is 4.79 Å². The van der Waals surface area contributed by atoms with Crippen LogP contribution in [0, 0.1) is 10.1 Å². The van der Waals surface area contributed by atoms with Gasteiger partial charge in [0.1, 0.15) is 5.69 Å². The number of nitro benzene ring substituents is 1. The molecule has 1 saturated heterocycles. The van der Waals surface area contributed by atoms with Gasteiger partial charge in [0.2, 0.25) is 0 Å². The molecule has 0 aliphatic carbocycles. The highest BCUT2D eigenvalue weighted by Gasteiger charge is 2.27. The summed E-state index contributed by atoms with van der Waals surface area (Å²) in [4.78, 5) is 37.7. The van der Waals surface area contributed by atoms with Crippen molar-refractivity contribution in [3.8, 4) is 0 Å². The van der Waals surface area contributed by atoms with Gasteiger partial charge < -0.3 is 19.5 Å². The average molecular weight is 394 g/mol. The number of benzene rings is 1. The van der Waals surface area contributed by atoms with E-state index in [0.29, 0.717) is 37.0 Å². The number of anilines is 1. The molecule has 0 bridgehead atoms. The molecule has 1 aliphatic heterocycles. The standard InChI is InChI=1S/C17H17ClN4O5/c18-12-3-4-14(22(25)26)13(10-12)19-16(23)11-20-5-7-21(8-6-20)17(24)15-2-1-9-27-15/h1-4,9-10H,5-8,11H2,(H,19,23)/p+1. The zero-order valence-electron chi connectivity index (χ0n) is 14.3. The molecule has 2 N–H and O–H groups in total. The molecule has 0 atom stereocenters. The van der Waals surface area contributed by atoms with Crippen molar-refractivity contribution < 1.29 is 23.8 Å². The molecule has 9 nitrogen and oxygen atoms in total. The number of nitro groups is 1. The van der Waals surface area contributed by atoms with Crippen LogP contribution in [0.1, 0.15) is 10.6 Å². The first kappa shape index (κ1) is 18.9. The second kappa shape index (κ2) is 8.19. The summed E-state index contributed by atoms with van der Waals surface area (Å²) in [6.07, 6.45) is 1.45. The van der Waals surface area contributed by atoms with Gasteiger partial charge >= 0.3 is 0 Å². The van der Waals surface area contributed by atoms with E-state index in [1.807, 2.05) is 0 Å². The van der Waals surface area contributed by atoms with E-state index in [2.05, 4.69) is 5.32 Å². The van der Waals surface area contributed by atoms with Gasteiger partial charge in [-0.3, -0.25) is 19.7 Å². The minimum atomic E-state index is -0.572. The van der Waals surface area contributed by atoms with E-state index >= 15 is 0 Å². The molecule has 142 valence electrons. The number of hydrogen-bond donors (Lipinski definition) is 2. The summed E-state index contributed by atoms with van der Waals surface area (Å²) in [6, 6.07) is 7.29. The van der Waals surface area contributed by atoms with Crippen LogP contribution in [-0.4, -0.2) is 54.4 Å². The van der Waals surface area contributed by atoms with Crippen molar-refractivity contribution in [3.63, 3.8) is 0 Å². The lowest BCUT2D eigenvalue weighted by Crippen LogP contribution is -3.15. The van der Waals surface area contributed by atoms with Crippen molar-refractivity contribution >= 4 is 34.8 Å². The van der Waals surface area contributed by atoms with Gasteiger partial charge in [-0.1, -0.05) is 11.6 Å². The molecule has 3 rings (SSSR count). The maximum Gasteiger partial charge on any atom is 0.292 e. The second-order valence-corrected chi connectivity index (χ2v) is 6.60. The Morgan fingerprint density at radius 1 is 1.30 bits per heavy atom. The van der Waals surface area contributed by atoms with Crippen molar-refractivity contribution in [2.24, 2.45) is 0 Å². The Labute approximate surface area is 159 Å². The predicted octanol–water partition coefficient (Wildman–Crippen LogP) is 0.821.